The maximum absolute atomic E-state index is 13.6. The Hall–Kier alpha value is -2.60. The van der Waals surface area contributed by atoms with Crippen LogP contribution in [0.1, 0.15) is 37.0 Å². The van der Waals surface area contributed by atoms with Crippen LogP contribution in [0.3, 0.4) is 0 Å². The van der Waals surface area contributed by atoms with E-state index in [9.17, 15) is 9.50 Å². The standard InChI is InChI=1S/C20H23FN4O/c1-13(26)19-10-16(21)6-7-18(19)20-15(3-2-8-24-20)9-17(25-22)12-23-11-14-4-5-14/h2-3,6-8,10,12-14,26H,4-5,9,11,22H2,1H3/t13-/m1/s1. The van der Waals surface area contributed by atoms with Gasteiger partial charge in [-0.05, 0) is 61.1 Å². The van der Waals surface area contributed by atoms with E-state index in [2.05, 4.69) is 15.1 Å². The first-order chi connectivity index (χ1) is 12.6. The molecule has 1 saturated carbocycles. The van der Waals surface area contributed by atoms with Crippen molar-refractivity contribution >= 4 is 11.9 Å². The molecule has 0 saturated heterocycles. The molecule has 0 spiro atoms. The summed E-state index contributed by atoms with van der Waals surface area (Å²) in [6.45, 7) is 2.42. The van der Waals surface area contributed by atoms with E-state index in [-0.39, 0.29) is 0 Å². The number of hydrazone groups is 1. The van der Waals surface area contributed by atoms with Crippen molar-refractivity contribution in [3.63, 3.8) is 0 Å². The van der Waals surface area contributed by atoms with E-state index < -0.39 is 11.9 Å². The molecule has 1 aliphatic rings. The number of aliphatic hydroxyl groups excluding tert-OH is 1. The summed E-state index contributed by atoms with van der Waals surface area (Å²) in [6, 6.07) is 8.11. The van der Waals surface area contributed by atoms with Crippen LogP contribution in [0.25, 0.3) is 11.3 Å². The number of pyridine rings is 1. The molecule has 0 unspecified atom stereocenters. The molecule has 3 rings (SSSR count). The van der Waals surface area contributed by atoms with Crippen LogP contribution in [0.5, 0.6) is 0 Å². The van der Waals surface area contributed by atoms with Gasteiger partial charge in [0.05, 0.1) is 17.5 Å². The van der Waals surface area contributed by atoms with Crippen LogP contribution in [-0.4, -0.2) is 28.6 Å². The summed E-state index contributed by atoms with van der Waals surface area (Å²) < 4.78 is 13.6. The zero-order valence-corrected chi connectivity index (χ0v) is 14.8. The number of aliphatic imine (C=N–C) groups is 1. The zero-order chi connectivity index (χ0) is 18.5. The lowest BCUT2D eigenvalue weighted by Gasteiger charge is -2.15. The van der Waals surface area contributed by atoms with Gasteiger partial charge in [-0.3, -0.25) is 9.98 Å². The molecule has 0 amide bonds. The minimum atomic E-state index is -0.807. The largest absolute Gasteiger partial charge is 0.389 e. The van der Waals surface area contributed by atoms with E-state index in [1.807, 2.05) is 12.1 Å². The Bertz CT molecular complexity index is 828. The third-order valence-electron chi connectivity index (χ3n) is 4.45. The Morgan fingerprint density at radius 2 is 2.23 bits per heavy atom. The monoisotopic (exact) mass is 354 g/mol. The van der Waals surface area contributed by atoms with Gasteiger partial charge in [-0.1, -0.05) is 6.07 Å². The lowest BCUT2D eigenvalue weighted by molar-refractivity contribution is 0.199. The minimum absolute atomic E-state index is 0.390. The molecule has 26 heavy (non-hydrogen) atoms. The van der Waals surface area contributed by atoms with Crippen LogP contribution < -0.4 is 5.84 Å². The molecule has 1 aromatic heterocycles. The van der Waals surface area contributed by atoms with Crippen molar-refractivity contribution in [1.82, 2.24) is 4.98 Å². The van der Waals surface area contributed by atoms with Crippen LogP contribution in [0.4, 0.5) is 4.39 Å². The molecule has 1 aliphatic carbocycles. The SMILES string of the molecule is C[C@@H](O)c1cc(F)ccc1-c1ncccc1CC(C=NCC1CC1)=NN. The highest BCUT2D eigenvalue weighted by molar-refractivity contribution is 6.31. The Labute approximate surface area is 152 Å². The maximum atomic E-state index is 13.6. The molecule has 5 nitrogen and oxygen atoms in total. The number of rotatable bonds is 7. The van der Waals surface area contributed by atoms with Crippen molar-refractivity contribution in [3.05, 3.63) is 53.5 Å². The van der Waals surface area contributed by atoms with Gasteiger partial charge in [0.2, 0.25) is 0 Å². The van der Waals surface area contributed by atoms with Crippen LogP contribution in [0, 0.1) is 11.7 Å². The third kappa shape index (κ3) is 4.52. The van der Waals surface area contributed by atoms with Gasteiger partial charge < -0.3 is 10.9 Å². The Morgan fingerprint density at radius 1 is 1.42 bits per heavy atom. The highest BCUT2D eigenvalue weighted by Crippen LogP contribution is 2.30. The molecule has 136 valence electrons. The summed E-state index contributed by atoms with van der Waals surface area (Å²) in [6.07, 6.45) is 5.53. The van der Waals surface area contributed by atoms with Crippen molar-refractivity contribution in [2.45, 2.75) is 32.3 Å². The topological polar surface area (TPSA) is 83.9 Å². The van der Waals surface area contributed by atoms with Crippen molar-refractivity contribution < 1.29 is 9.50 Å². The van der Waals surface area contributed by atoms with E-state index in [4.69, 9.17) is 5.84 Å². The predicted octanol–water partition coefficient (Wildman–Crippen LogP) is 3.28. The second-order valence-electron chi connectivity index (χ2n) is 6.65. The molecule has 6 heteroatoms. The predicted molar refractivity (Wildman–Crippen MR) is 102 cm³/mol. The fourth-order valence-electron chi connectivity index (χ4n) is 2.85. The van der Waals surface area contributed by atoms with Gasteiger partial charge in [-0.15, -0.1) is 0 Å². The van der Waals surface area contributed by atoms with Crippen LogP contribution in [-0.2, 0) is 6.42 Å². The lowest BCUT2D eigenvalue weighted by Crippen LogP contribution is -2.10. The second kappa shape index (κ2) is 8.19. The van der Waals surface area contributed by atoms with Gasteiger partial charge in [0.25, 0.3) is 0 Å². The van der Waals surface area contributed by atoms with E-state index in [0.717, 1.165) is 12.1 Å². The molecule has 0 bridgehead atoms. The summed E-state index contributed by atoms with van der Waals surface area (Å²) in [5.41, 5.74) is 3.42. The first kappa shape index (κ1) is 18.2. The zero-order valence-electron chi connectivity index (χ0n) is 14.8. The number of hydrogen-bond donors (Lipinski definition) is 2. The van der Waals surface area contributed by atoms with Gasteiger partial charge in [-0.2, -0.15) is 5.10 Å². The molecule has 2 aromatic rings. The van der Waals surface area contributed by atoms with Crippen molar-refractivity contribution in [2.24, 2.45) is 21.9 Å². The molecule has 0 radical (unpaired) electrons. The van der Waals surface area contributed by atoms with Gasteiger partial charge in [0.1, 0.15) is 5.82 Å². The highest BCUT2D eigenvalue weighted by atomic mass is 19.1. The summed E-state index contributed by atoms with van der Waals surface area (Å²) in [4.78, 5) is 8.87. The molecule has 0 aliphatic heterocycles. The van der Waals surface area contributed by atoms with Gasteiger partial charge in [0.15, 0.2) is 0 Å². The molecule has 1 heterocycles. The fourth-order valence-corrected chi connectivity index (χ4v) is 2.85. The number of aromatic nitrogens is 1. The third-order valence-corrected chi connectivity index (χ3v) is 4.45. The summed E-state index contributed by atoms with van der Waals surface area (Å²) in [5.74, 6) is 5.84. The van der Waals surface area contributed by atoms with Crippen molar-refractivity contribution in [2.75, 3.05) is 6.54 Å². The summed E-state index contributed by atoms with van der Waals surface area (Å²) in [7, 11) is 0. The molecular weight excluding hydrogens is 331 g/mol. The van der Waals surface area contributed by atoms with Crippen molar-refractivity contribution in [1.29, 1.82) is 0 Å². The minimum Gasteiger partial charge on any atom is -0.389 e. The van der Waals surface area contributed by atoms with Crippen LogP contribution >= 0.6 is 0 Å². The quantitative estimate of drug-likeness (QED) is 0.455. The fraction of sp³-hybridized carbons (Fsp3) is 0.350. The van der Waals surface area contributed by atoms with Gasteiger partial charge in [-0.25, -0.2) is 4.39 Å². The first-order valence-electron chi connectivity index (χ1n) is 8.77. The Kier molecular flexibility index (Phi) is 5.73. The average molecular weight is 354 g/mol. The Morgan fingerprint density at radius 3 is 2.92 bits per heavy atom. The molecule has 1 atom stereocenters. The van der Waals surface area contributed by atoms with Gasteiger partial charge in [0, 0.05) is 30.9 Å². The van der Waals surface area contributed by atoms with E-state index in [0.29, 0.717) is 34.9 Å². The molecular formula is C20H23FN4O. The Balaban J connectivity index is 1.90. The average Bonchev–Trinajstić information content (AvgIpc) is 3.45. The normalized spacial score (nSPS) is 16.2. The maximum Gasteiger partial charge on any atom is 0.123 e. The summed E-state index contributed by atoms with van der Waals surface area (Å²) >= 11 is 0. The lowest BCUT2D eigenvalue weighted by atomic mass is 9.95. The van der Waals surface area contributed by atoms with Crippen LogP contribution in [0.2, 0.25) is 0 Å². The molecule has 3 N–H and O–H groups in total. The van der Waals surface area contributed by atoms with Gasteiger partial charge >= 0.3 is 0 Å². The smallest absolute Gasteiger partial charge is 0.123 e. The second-order valence-corrected chi connectivity index (χ2v) is 6.65. The van der Waals surface area contributed by atoms with E-state index >= 15 is 0 Å². The van der Waals surface area contributed by atoms with E-state index in [1.165, 1.54) is 25.0 Å². The van der Waals surface area contributed by atoms with Crippen LogP contribution in [0.15, 0.2) is 46.6 Å². The number of halogens is 1. The number of aliphatic hydroxyl groups is 1. The number of nitrogens with two attached hydrogens (primary N) is 1. The number of benzene rings is 1. The number of hydrogen-bond acceptors (Lipinski definition) is 5. The molecule has 1 fully saturated rings. The van der Waals surface area contributed by atoms with E-state index in [1.54, 1.807) is 25.4 Å². The highest BCUT2D eigenvalue weighted by Gasteiger charge is 2.20. The first-order valence-corrected chi connectivity index (χ1v) is 8.77. The van der Waals surface area contributed by atoms with Crippen molar-refractivity contribution in [3.8, 4) is 11.3 Å². The molecule has 1 aromatic carbocycles. The summed E-state index contributed by atoms with van der Waals surface area (Å²) in [5, 5.41) is 13.9. The number of nitrogens with zero attached hydrogens (tertiary/aromatic N) is 3.